The van der Waals surface area contributed by atoms with Gasteiger partial charge in [0.25, 0.3) is 0 Å². The molecule has 0 aliphatic carbocycles. The van der Waals surface area contributed by atoms with Gasteiger partial charge in [-0.2, -0.15) is 0 Å². The lowest BCUT2D eigenvalue weighted by atomic mass is 9.85. The fraction of sp³-hybridized carbons (Fsp3) is 0.857. The molecule has 0 bridgehead atoms. The van der Waals surface area contributed by atoms with E-state index in [1.165, 1.54) is 4.90 Å². The Morgan fingerprint density at radius 2 is 1.95 bits per heavy atom. The molecule has 20 heavy (non-hydrogen) atoms. The third kappa shape index (κ3) is 2.42. The molecule has 0 aromatic heterocycles. The molecule has 2 fully saturated rings. The van der Waals surface area contributed by atoms with Gasteiger partial charge in [-0.3, -0.25) is 4.79 Å². The Balaban J connectivity index is 2.25. The van der Waals surface area contributed by atoms with Crippen molar-refractivity contribution in [3.63, 3.8) is 0 Å². The van der Waals surface area contributed by atoms with Crippen molar-refractivity contribution in [1.82, 2.24) is 4.90 Å². The summed E-state index contributed by atoms with van der Waals surface area (Å²) in [7, 11) is 0. The Morgan fingerprint density at radius 3 is 2.50 bits per heavy atom. The number of nitrogens with zero attached hydrogens (tertiary/aromatic N) is 1. The zero-order valence-corrected chi connectivity index (χ0v) is 12.1. The molecule has 0 aromatic rings. The van der Waals surface area contributed by atoms with Gasteiger partial charge in [0.15, 0.2) is 0 Å². The summed E-state index contributed by atoms with van der Waals surface area (Å²) in [6.07, 6.45) is 3.39. The van der Waals surface area contributed by atoms with Crippen LogP contribution in [-0.4, -0.2) is 52.7 Å². The van der Waals surface area contributed by atoms with Crippen LogP contribution in [0, 0.1) is 0 Å². The van der Waals surface area contributed by atoms with E-state index in [4.69, 9.17) is 10.5 Å². The smallest absolute Gasteiger partial charge is 0.329 e. The molecule has 1 unspecified atom stereocenters. The number of carboxylic acids is 1. The first-order valence-electron chi connectivity index (χ1n) is 7.38. The maximum atomic E-state index is 12.8. The van der Waals surface area contributed by atoms with Crippen molar-refractivity contribution in [1.29, 1.82) is 0 Å². The predicted molar refractivity (Wildman–Crippen MR) is 73.2 cm³/mol. The summed E-state index contributed by atoms with van der Waals surface area (Å²) in [5.41, 5.74) is 4.22. The Morgan fingerprint density at radius 1 is 1.30 bits per heavy atom. The van der Waals surface area contributed by atoms with Gasteiger partial charge in [0.2, 0.25) is 5.91 Å². The fourth-order valence-corrected chi connectivity index (χ4v) is 3.40. The largest absolute Gasteiger partial charge is 0.479 e. The zero-order valence-electron chi connectivity index (χ0n) is 12.1. The van der Waals surface area contributed by atoms with Crippen molar-refractivity contribution >= 4 is 11.9 Å². The Labute approximate surface area is 119 Å². The first kappa shape index (κ1) is 15.3. The van der Waals surface area contributed by atoms with Gasteiger partial charge in [0.1, 0.15) is 5.54 Å². The second-order valence-corrected chi connectivity index (χ2v) is 5.92. The molecule has 3 N–H and O–H groups in total. The van der Waals surface area contributed by atoms with Gasteiger partial charge < -0.3 is 20.5 Å². The molecule has 2 heterocycles. The van der Waals surface area contributed by atoms with E-state index >= 15 is 0 Å². The van der Waals surface area contributed by atoms with Crippen molar-refractivity contribution in [3.05, 3.63) is 0 Å². The maximum absolute atomic E-state index is 12.8. The van der Waals surface area contributed by atoms with E-state index in [1.807, 2.05) is 6.92 Å². The Kier molecular flexibility index (Phi) is 4.34. The number of carboxylic acid groups (broad SMARTS) is 1. The van der Waals surface area contributed by atoms with E-state index in [2.05, 4.69) is 0 Å². The van der Waals surface area contributed by atoms with E-state index in [9.17, 15) is 14.7 Å². The highest BCUT2D eigenvalue weighted by molar-refractivity contribution is 5.92. The molecule has 6 heteroatoms. The highest BCUT2D eigenvalue weighted by Gasteiger charge is 2.53. The average molecular weight is 284 g/mol. The molecule has 0 aromatic carbocycles. The lowest BCUT2D eigenvalue weighted by Crippen LogP contribution is -2.63. The summed E-state index contributed by atoms with van der Waals surface area (Å²) < 4.78 is 5.26. The average Bonchev–Trinajstić information content (AvgIpc) is 2.84. The van der Waals surface area contributed by atoms with Crippen molar-refractivity contribution < 1.29 is 19.4 Å². The molecular weight excluding hydrogens is 260 g/mol. The van der Waals surface area contributed by atoms with Gasteiger partial charge in [-0.1, -0.05) is 13.3 Å². The van der Waals surface area contributed by atoms with Crippen LogP contribution in [0.25, 0.3) is 0 Å². The quantitative estimate of drug-likeness (QED) is 0.794. The molecule has 0 spiro atoms. The third-order valence-corrected chi connectivity index (χ3v) is 4.61. The number of rotatable bonds is 4. The minimum absolute atomic E-state index is 0.214. The number of carbonyl (C=O) groups is 2. The maximum Gasteiger partial charge on any atom is 0.329 e. The Hall–Kier alpha value is -1.14. The van der Waals surface area contributed by atoms with Crippen LogP contribution in [-0.2, 0) is 14.3 Å². The van der Waals surface area contributed by atoms with Crippen LogP contribution in [0.15, 0.2) is 0 Å². The predicted octanol–water partition coefficient (Wildman–Crippen LogP) is 0.740. The second-order valence-electron chi connectivity index (χ2n) is 5.92. The first-order chi connectivity index (χ1) is 9.46. The topological polar surface area (TPSA) is 92.9 Å². The van der Waals surface area contributed by atoms with Crippen LogP contribution in [0.3, 0.4) is 0 Å². The molecule has 6 nitrogen and oxygen atoms in total. The van der Waals surface area contributed by atoms with Crippen LogP contribution < -0.4 is 5.73 Å². The monoisotopic (exact) mass is 284 g/mol. The van der Waals surface area contributed by atoms with Gasteiger partial charge in [0.05, 0.1) is 5.54 Å². The summed E-state index contributed by atoms with van der Waals surface area (Å²) in [4.78, 5) is 26.1. The van der Waals surface area contributed by atoms with Crippen molar-refractivity contribution in [2.75, 3.05) is 19.8 Å². The first-order valence-corrected chi connectivity index (χ1v) is 7.38. The molecular formula is C14H24N2O4. The van der Waals surface area contributed by atoms with Gasteiger partial charge >= 0.3 is 5.97 Å². The molecule has 0 radical (unpaired) electrons. The molecule has 1 amide bonds. The summed E-state index contributed by atoms with van der Waals surface area (Å²) in [5.74, 6) is -1.12. The summed E-state index contributed by atoms with van der Waals surface area (Å²) in [6, 6.07) is 0. The molecule has 0 saturated carbocycles. The van der Waals surface area contributed by atoms with Gasteiger partial charge in [0, 0.05) is 19.8 Å². The summed E-state index contributed by atoms with van der Waals surface area (Å²) in [5, 5.41) is 9.64. The van der Waals surface area contributed by atoms with Gasteiger partial charge in [-0.15, -0.1) is 0 Å². The van der Waals surface area contributed by atoms with E-state index in [0.717, 1.165) is 12.8 Å². The van der Waals surface area contributed by atoms with E-state index < -0.39 is 17.0 Å². The van der Waals surface area contributed by atoms with Crippen LogP contribution in [0.1, 0.15) is 45.4 Å². The molecule has 1 atom stereocenters. The van der Waals surface area contributed by atoms with Crippen LogP contribution in [0.2, 0.25) is 0 Å². The number of likely N-dealkylation sites (tertiary alicyclic amines) is 1. The highest BCUT2D eigenvalue weighted by atomic mass is 16.5. The minimum atomic E-state index is -1.06. The summed E-state index contributed by atoms with van der Waals surface area (Å²) >= 11 is 0. The van der Waals surface area contributed by atoms with Crippen molar-refractivity contribution in [2.45, 2.75) is 56.5 Å². The number of amides is 1. The molecule has 2 aliphatic heterocycles. The third-order valence-electron chi connectivity index (χ3n) is 4.61. The number of nitrogens with two attached hydrogens (primary N) is 1. The normalized spacial score (nSPS) is 29.4. The van der Waals surface area contributed by atoms with Crippen LogP contribution in [0.5, 0.6) is 0 Å². The van der Waals surface area contributed by atoms with Gasteiger partial charge in [-0.05, 0) is 32.1 Å². The van der Waals surface area contributed by atoms with E-state index in [0.29, 0.717) is 45.4 Å². The van der Waals surface area contributed by atoms with Crippen molar-refractivity contribution in [3.8, 4) is 0 Å². The number of hydrogen-bond donors (Lipinski definition) is 2. The number of aliphatic carboxylic acids is 1. The standard InChI is InChI=1S/C14H24N2O4/c1-2-4-14(12(18)19)5-3-8-16(14)11(17)13(15)6-9-20-10-7-13/h2-10,15H2,1H3,(H,18,19). The summed E-state index contributed by atoms with van der Waals surface area (Å²) in [6.45, 7) is 3.36. The van der Waals surface area contributed by atoms with E-state index in [1.54, 1.807) is 0 Å². The lowest BCUT2D eigenvalue weighted by molar-refractivity contribution is -0.160. The van der Waals surface area contributed by atoms with Crippen molar-refractivity contribution in [2.24, 2.45) is 5.73 Å². The SMILES string of the molecule is CCCC1(C(=O)O)CCCN1C(=O)C1(N)CCOCC1. The number of hydrogen-bond acceptors (Lipinski definition) is 4. The highest BCUT2D eigenvalue weighted by Crippen LogP contribution is 2.36. The van der Waals surface area contributed by atoms with Gasteiger partial charge in [-0.25, -0.2) is 4.79 Å². The molecule has 114 valence electrons. The Bertz CT molecular complexity index is 393. The minimum Gasteiger partial charge on any atom is -0.479 e. The zero-order chi connectivity index (χ0) is 14.8. The number of ether oxygens (including phenoxy) is 1. The number of carbonyl (C=O) groups excluding carboxylic acids is 1. The lowest BCUT2D eigenvalue weighted by Gasteiger charge is -2.41. The van der Waals surface area contributed by atoms with Crippen LogP contribution >= 0.6 is 0 Å². The fourth-order valence-electron chi connectivity index (χ4n) is 3.40. The van der Waals surface area contributed by atoms with E-state index in [-0.39, 0.29) is 5.91 Å². The molecule has 2 saturated heterocycles. The second kappa shape index (κ2) is 5.69. The molecule has 2 rings (SSSR count). The molecule has 2 aliphatic rings. The van der Waals surface area contributed by atoms with Crippen LogP contribution in [0.4, 0.5) is 0 Å².